The van der Waals surface area contributed by atoms with Crippen molar-refractivity contribution in [1.29, 1.82) is 0 Å². The highest BCUT2D eigenvalue weighted by Crippen LogP contribution is 2.32. The van der Waals surface area contributed by atoms with E-state index in [1.165, 1.54) is 6.07 Å². The van der Waals surface area contributed by atoms with Crippen molar-refractivity contribution in [2.24, 2.45) is 0 Å². The summed E-state index contributed by atoms with van der Waals surface area (Å²) in [4.78, 5) is 2.10. The lowest BCUT2D eigenvalue weighted by Gasteiger charge is -2.29. The lowest BCUT2D eigenvalue weighted by Crippen LogP contribution is -2.37. The summed E-state index contributed by atoms with van der Waals surface area (Å²) in [6.45, 7) is 3.62. The second-order valence-corrected chi connectivity index (χ2v) is 9.20. The zero-order valence-electron chi connectivity index (χ0n) is 15.3. The summed E-state index contributed by atoms with van der Waals surface area (Å²) in [5, 5.41) is 0.324. The van der Waals surface area contributed by atoms with Crippen LogP contribution in [-0.4, -0.2) is 33.0 Å². The van der Waals surface area contributed by atoms with E-state index in [-0.39, 0.29) is 12.3 Å². The molecule has 27 heavy (non-hydrogen) atoms. The molecule has 0 aliphatic carbocycles. The maximum Gasteiger partial charge on any atom is 0.215 e. The lowest BCUT2D eigenvalue weighted by molar-refractivity contribution is 0.241. The van der Waals surface area contributed by atoms with Crippen LogP contribution in [0.2, 0.25) is 5.02 Å². The topological polar surface area (TPSA) is 49.4 Å². The predicted octanol–water partition coefficient (Wildman–Crippen LogP) is 4.04. The molecule has 146 valence electrons. The van der Waals surface area contributed by atoms with Gasteiger partial charge in [0.2, 0.25) is 10.0 Å². The first-order valence-electron chi connectivity index (χ1n) is 9.06. The van der Waals surface area contributed by atoms with E-state index in [2.05, 4.69) is 9.62 Å². The van der Waals surface area contributed by atoms with Crippen LogP contribution in [0.5, 0.6) is 0 Å². The van der Waals surface area contributed by atoms with Gasteiger partial charge >= 0.3 is 0 Å². The number of benzene rings is 2. The average molecular weight is 411 g/mol. The minimum absolute atomic E-state index is 0.0921. The highest BCUT2D eigenvalue weighted by Gasteiger charge is 2.29. The van der Waals surface area contributed by atoms with E-state index in [9.17, 15) is 12.8 Å². The molecule has 0 spiro atoms. The van der Waals surface area contributed by atoms with Gasteiger partial charge in [0.25, 0.3) is 0 Å². The lowest BCUT2D eigenvalue weighted by atomic mass is 10.0. The second-order valence-electron chi connectivity index (χ2n) is 6.99. The van der Waals surface area contributed by atoms with E-state index in [0.717, 1.165) is 37.1 Å². The Morgan fingerprint density at radius 3 is 2.56 bits per heavy atom. The summed E-state index contributed by atoms with van der Waals surface area (Å²) in [5.41, 5.74) is 2.10. The summed E-state index contributed by atoms with van der Waals surface area (Å²) in [6, 6.07) is 11.6. The van der Waals surface area contributed by atoms with E-state index < -0.39 is 21.9 Å². The third kappa shape index (κ3) is 5.29. The number of aryl methyl sites for hydroxylation is 1. The molecular formula is C20H24ClFN2O2S. The third-order valence-electron chi connectivity index (χ3n) is 4.85. The number of sulfonamides is 1. The van der Waals surface area contributed by atoms with Crippen LogP contribution in [0.3, 0.4) is 0 Å². The molecule has 0 aromatic heterocycles. The summed E-state index contributed by atoms with van der Waals surface area (Å²) in [7, 11) is -3.55. The van der Waals surface area contributed by atoms with E-state index in [1.54, 1.807) is 18.2 Å². The van der Waals surface area contributed by atoms with E-state index in [4.69, 9.17) is 11.6 Å². The van der Waals surface area contributed by atoms with Crippen molar-refractivity contribution >= 4 is 21.6 Å². The Balaban J connectivity index is 1.78. The minimum Gasteiger partial charge on any atom is -0.295 e. The van der Waals surface area contributed by atoms with Gasteiger partial charge in [-0.1, -0.05) is 47.5 Å². The van der Waals surface area contributed by atoms with Gasteiger partial charge in [0.1, 0.15) is 5.82 Å². The van der Waals surface area contributed by atoms with Crippen molar-refractivity contribution in [2.75, 3.05) is 19.6 Å². The SMILES string of the molecule is Cc1cccc(CS(=O)(=O)NCC(c2c(F)cccc2Cl)N2CCCC2)c1. The van der Waals surface area contributed by atoms with Crippen LogP contribution in [0, 0.1) is 12.7 Å². The van der Waals surface area contributed by atoms with Gasteiger partial charge in [-0.05, 0) is 50.6 Å². The molecule has 1 unspecified atom stereocenters. The van der Waals surface area contributed by atoms with Gasteiger partial charge in [-0.25, -0.2) is 17.5 Å². The van der Waals surface area contributed by atoms with Gasteiger partial charge in [0, 0.05) is 17.1 Å². The van der Waals surface area contributed by atoms with Crippen LogP contribution in [0.1, 0.15) is 35.6 Å². The zero-order valence-corrected chi connectivity index (χ0v) is 16.9. The molecule has 3 rings (SSSR count). The molecule has 2 aromatic carbocycles. The number of hydrogen-bond acceptors (Lipinski definition) is 3. The zero-order chi connectivity index (χ0) is 19.4. The number of hydrogen-bond donors (Lipinski definition) is 1. The molecule has 1 N–H and O–H groups in total. The molecular weight excluding hydrogens is 387 g/mol. The Morgan fingerprint density at radius 2 is 1.89 bits per heavy atom. The first kappa shape index (κ1) is 20.3. The van der Waals surface area contributed by atoms with Crippen molar-refractivity contribution in [3.63, 3.8) is 0 Å². The Bertz CT molecular complexity index is 878. The molecule has 1 heterocycles. The van der Waals surface area contributed by atoms with Crippen LogP contribution < -0.4 is 4.72 Å². The number of likely N-dealkylation sites (tertiary alicyclic amines) is 1. The predicted molar refractivity (Wildman–Crippen MR) is 107 cm³/mol. The summed E-state index contributed by atoms with van der Waals surface area (Å²) in [6.07, 6.45) is 2.03. The van der Waals surface area contributed by atoms with Crippen molar-refractivity contribution in [3.8, 4) is 0 Å². The van der Waals surface area contributed by atoms with E-state index in [1.807, 2.05) is 25.1 Å². The maximum atomic E-state index is 14.5. The highest BCUT2D eigenvalue weighted by atomic mass is 35.5. The van der Waals surface area contributed by atoms with Gasteiger partial charge in [-0.2, -0.15) is 0 Å². The average Bonchev–Trinajstić information content (AvgIpc) is 3.11. The van der Waals surface area contributed by atoms with Crippen LogP contribution in [-0.2, 0) is 15.8 Å². The van der Waals surface area contributed by atoms with Crippen molar-refractivity contribution in [1.82, 2.24) is 9.62 Å². The minimum atomic E-state index is -3.55. The fraction of sp³-hybridized carbons (Fsp3) is 0.400. The van der Waals surface area contributed by atoms with Gasteiger partial charge < -0.3 is 0 Å². The maximum absolute atomic E-state index is 14.5. The Labute approximate surface area is 165 Å². The molecule has 2 aromatic rings. The van der Waals surface area contributed by atoms with Crippen molar-refractivity contribution < 1.29 is 12.8 Å². The Morgan fingerprint density at radius 1 is 1.19 bits per heavy atom. The van der Waals surface area contributed by atoms with E-state index in [0.29, 0.717) is 10.6 Å². The molecule has 0 radical (unpaired) electrons. The van der Waals surface area contributed by atoms with Crippen LogP contribution in [0.15, 0.2) is 42.5 Å². The van der Waals surface area contributed by atoms with Crippen LogP contribution >= 0.6 is 11.6 Å². The number of nitrogens with zero attached hydrogens (tertiary/aromatic N) is 1. The molecule has 7 heteroatoms. The Kier molecular flexibility index (Phi) is 6.52. The molecule has 1 aliphatic rings. The second kappa shape index (κ2) is 8.69. The first-order chi connectivity index (χ1) is 12.9. The van der Waals surface area contributed by atoms with Crippen molar-refractivity contribution in [2.45, 2.75) is 31.6 Å². The number of nitrogens with one attached hydrogen (secondary N) is 1. The first-order valence-corrected chi connectivity index (χ1v) is 11.1. The highest BCUT2D eigenvalue weighted by molar-refractivity contribution is 7.88. The van der Waals surface area contributed by atoms with Crippen molar-refractivity contribution in [3.05, 3.63) is 70.0 Å². The quantitative estimate of drug-likeness (QED) is 0.749. The normalized spacial score (nSPS) is 16.6. The largest absolute Gasteiger partial charge is 0.295 e. The molecule has 0 amide bonds. The molecule has 0 bridgehead atoms. The van der Waals surface area contributed by atoms with Gasteiger partial charge in [0.15, 0.2) is 0 Å². The molecule has 0 saturated carbocycles. The summed E-state index contributed by atoms with van der Waals surface area (Å²) < 4.78 is 42.3. The fourth-order valence-corrected chi connectivity index (χ4v) is 5.00. The summed E-state index contributed by atoms with van der Waals surface area (Å²) >= 11 is 6.26. The third-order valence-corrected chi connectivity index (χ3v) is 6.50. The number of rotatable bonds is 7. The number of halogens is 2. The molecule has 1 saturated heterocycles. The van der Waals surface area contributed by atoms with Crippen LogP contribution in [0.4, 0.5) is 4.39 Å². The van der Waals surface area contributed by atoms with Gasteiger partial charge in [-0.3, -0.25) is 4.90 Å². The summed E-state index contributed by atoms with van der Waals surface area (Å²) in [5.74, 6) is -0.510. The van der Waals surface area contributed by atoms with Gasteiger partial charge in [-0.15, -0.1) is 0 Å². The fourth-order valence-electron chi connectivity index (χ4n) is 3.57. The molecule has 4 nitrogen and oxygen atoms in total. The van der Waals surface area contributed by atoms with E-state index >= 15 is 0 Å². The smallest absolute Gasteiger partial charge is 0.215 e. The molecule has 1 fully saturated rings. The molecule has 1 atom stereocenters. The Hall–Kier alpha value is -1.47. The standard InChI is InChI=1S/C20H24ClFN2O2S/c1-15-6-4-7-16(12-15)14-27(25,26)23-13-19(24-10-2-3-11-24)20-17(21)8-5-9-18(20)22/h4-9,12,19,23H,2-3,10-11,13-14H2,1H3. The van der Waals surface area contributed by atoms with Gasteiger partial charge in [0.05, 0.1) is 11.8 Å². The molecule has 1 aliphatic heterocycles. The monoisotopic (exact) mass is 410 g/mol. The van der Waals surface area contributed by atoms with Crippen LogP contribution in [0.25, 0.3) is 0 Å².